The predicted octanol–water partition coefficient (Wildman–Crippen LogP) is 2.33. The average molecular weight is 226 g/mol. The maximum atomic E-state index is 12.8. The summed E-state index contributed by atoms with van der Waals surface area (Å²) in [6.07, 6.45) is 0. The molecular weight excluding hydrogens is 211 g/mol. The Morgan fingerprint density at radius 1 is 1.38 bits per heavy atom. The Morgan fingerprint density at radius 2 is 2.12 bits per heavy atom. The zero-order valence-corrected chi connectivity index (χ0v) is 9.46. The van der Waals surface area contributed by atoms with Crippen LogP contribution in [0, 0.1) is 12.7 Å². The molecule has 0 spiro atoms. The fourth-order valence-corrected chi connectivity index (χ4v) is 1.27. The van der Waals surface area contributed by atoms with Crippen molar-refractivity contribution in [3.8, 4) is 0 Å². The maximum Gasteiger partial charge on any atom is 0.338 e. The topological polar surface area (TPSA) is 35.5 Å². The average Bonchev–Trinajstić information content (AvgIpc) is 2.24. The van der Waals surface area contributed by atoms with E-state index >= 15 is 0 Å². The number of ether oxygens (including phenoxy) is 2. The minimum Gasteiger partial charge on any atom is -0.460 e. The second-order valence-electron chi connectivity index (χ2n) is 3.29. The first kappa shape index (κ1) is 12.6. The standard InChI is InChI=1S/C12H15FO3/c1-3-15-6-7-16-12(14)11-5-4-10(13)8-9(11)2/h4-5,8H,3,6-7H2,1-2H3. The quantitative estimate of drug-likeness (QED) is 0.571. The molecule has 0 N–H and O–H groups in total. The Hall–Kier alpha value is -1.42. The van der Waals surface area contributed by atoms with Gasteiger partial charge in [-0.2, -0.15) is 0 Å². The van der Waals surface area contributed by atoms with Gasteiger partial charge in [-0.25, -0.2) is 9.18 Å². The van der Waals surface area contributed by atoms with Crippen LogP contribution in [0.3, 0.4) is 0 Å². The Kier molecular flexibility index (Phi) is 4.92. The molecule has 88 valence electrons. The minimum absolute atomic E-state index is 0.212. The number of aryl methyl sites for hydroxylation is 1. The largest absolute Gasteiger partial charge is 0.460 e. The Labute approximate surface area is 94.2 Å². The van der Waals surface area contributed by atoms with Crippen LogP contribution in [0.1, 0.15) is 22.8 Å². The van der Waals surface area contributed by atoms with Crippen molar-refractivity contribution in [3.05, 3.63) is 35.1 Å². The van der Waals surface area contributed by atoms with Crippen LogP contribution < -0.4 is 0 Å². The zero-order chi connectivity index (χ0) is 12.0. The summed E-state index contributed by atoms with van der Waals surface area (Å²) in [6.45, 7) is 4.72. The van der Waals surface area contributed by atoms with E-state index in [9.17, 15) is 9.18 Å². The van der Waals surface area contributed by atoms with Gasteiger partial charge in [0, 0.05) is 6.61 Å². The number of halogens is 1. The van der Waals surface area contributed by atoms with Crippen LogP contribution in [0.5, 0.6) is 0 Å². The van der Waals surface area contributed by atoms with E-state index in [-0.39, 0.29) is 12.4 Å². The molecule has 0 fully saturated rings. The van der Waals surface area contributed by atoms with E-state index in [4.69, 9.17) is 9.47 Å². The van der Waals surface area contributed by atoms with Crippen molar-refractivity contribution in [2.45, 2.75) is 13.8 Å². The van der Waals surface area contributed by atoms with Gasteiger partial charge in [0.05, 0.1) is 12.2 Å². The number of carbonyl (C=O) groups excluding carboxylic acids is 1. The van der Waals surface area contributed by atoms with Gasteiger partial charge in [-0.3, -0.25) is 0 Å². The van der Waals surface area contributed by atoms with E-state index in [0.717, 1.165) is 0 Å². The SMILES string of the molecule is CCOCCOC(=O)c1ccc(F)cc1C. The van der Waals surface area contributed by atoms with Crippen LogP contribution in [-0.2, 0) is 9.47 Å². The highest BCUT2D eigenvalue weighted by Crippen LogP contribution is 2.11. The Morgan fingerprint density at radius 3 is 2.75 bits per heavy atom. The molecule has 0 aliphatic carbocycles. The van der Waals surface area contributed by atoms with E-state index in [0.29, 0.717) is 24.3 Å². The molecule has 0 amide bonds. The van der Waals surface area contributed by atoms with E-state index < -0.39 is 5.97 Å². The molecule has 4 heteroatoms. The molecule has 0 saturated heterocycles. The fraction of sp³-hybridized carbons (Fsp3) is 0.417. The van der Waals surface area contributed by atoms with Crippen molar-refractivity contribution < 1.29 is 18.7 Å². The first-order valence-electron chi connectivity index (χ1n) is 5.16. The molecule has 0 atom stereocenters. The monoisotopic (exact) mass is 226 g/mol. The molecule has 16 heavy (non-hydrogen) atoms. The fourth-order valence-electron chi connectivity index (χ4n) is 1.27. The van der Waals surface area contributed by atoms with Crippen LogP contribution in [0.2, 0.25) is 0 Å². The molecule has 0 radical (unpaired) electrons. The van der Waals surface area contributed by atoms with Gasteiger partial charge < -0.3 is 9.47 Å². The van der Waals surface area contributed by atoms with Gasteiger partial charge in [0.25, 0.3) is 0 Å². The second-order valence-corrected chi connectivity index (χ2v) is 3.29. The van der Waals surface area contributed by atoms with Crippen molar-refractivity contribution in [3.63, 3.8) is 0 Å². The minimum atomic E-state index is -0.447. The van der Waals surface area contributed by atoms with E-state index in [1.807, 2.05) is 6.92 Å². The van der Waals surface area contributed by atoms with Gasteiger partial charge in [-0.05, 0) is 37.6 Å². The van der Waals surface area contributed by atoms with E-state index in [1.54, 1.807) is 6.92 Å². The number of hydrogen-bond donors (Lipinski definition) is 0. The first-order valence-corrected chi connectivity index (χ1v) is 5.16. The van der Waals surface area contributed by atoms with Crippen LogP contribution in [0.15, 0.2) is 18.2 Å². The summed E-state index contributed by atoms with van der Waals surface area (Å²) in [5.74, 6) is -0.805. The highest BCUT2D eigenvalue weighted by atomic mass is 19.1. The summed E-state index contributed by atoms with van der Waals surface area (Å²) in [6, 6.07) is 3.97. The first-order chi connectivity index (χ1) is 7.65. The third kappa shape index (κ3) is 3.62. The summed E-state index contributed by atoms with van der Waals surface area (Å²) < 4.78 is 22.8. The number of benzene rings is 1. The molecule has 1 aromatic rings. The molecule has 0 heterocycles. The summed E-state index contributed by atoms with van der Waals surface area (Å²) >= 11 is 0. The van der Waals surface area contributed by atoms with Gasteiger partial charge in [0.2, 0.25) is 0 Å². The Balaban J connectivity index is 2.53. The van der Waals surface area contributed by atoms with Gasteiger partial charge in [-0.15, -0.1) is 0 Å². The number of hydrogen-bond acceptors (Lipinski definition) is 3. The molecular formula is C12H15FO3. The lowest BCUT2D eigenvalue weighted by Gasteiger charge is -2.07. The lowest BCUT2D eigenvalue weighted by Crippen LogP contribution is -2.12. The molecule has 0 bridgehead atoms. The van der Waals surface area contributed by atoms with E-state index in [1.165, 1.54) is 18.2 Å². The molecule has 0 aliphatic rings. The lowest BCUT2D eigenvalue weighted by atomic mass is 10.1. The van der Waals surface area contributed by atoms with Crippen LogP contribution >= 0.6 is 0 Å². The van der Waals surface area contributed by atoms with Crippen molar-refractivity contribution in [1.29, 1.82) is 0 Å². The van der Waals surface area contributed by atoms with Crippen LogP contribution in [0.4, 0.5) is 4.39 Å². The van der Waals surface area contributed by atoms with Crippen LogP contribution in [0.25, 0.3) is 0 Å². The zero-order valence-electron chi connectivity index (χ0n) is 9.46. The number of esters is 1. The van der Waals surface area contributed by atoms with Gasteiger partial charge in [-0.1, -0.05) is 0 Å². The van der Waals surface area contributed by atoms with Crippen molar-refractivity contribution in [2.24, 2.45) is 0 Å². The Bertz CT molecular complexity index is 363. The van der Waals surface area contributed by atoms with Crippen molar-refractivity contribution in [1.82, 2.24) is 0 Å². The number of rotatable bonds is 5. The molecule has 1 rings (SSSR count). The third-order valence-electron chi connectivity index (χ3n) is 2.07. The van der Waals surface area contributed by atoms with Crippen LogP contribution in [-0.4, -0.2) is 25.8 Å². The molecule has 0 aliphatic heterocycles. The number of carbonyl (C=O) groups is 1. The highest BCUT2D eigenvalue weighted by molar-refractivity contribution is 5.90. The van der Waals surface area contributed by atoms with Crippen molar-refractivity contribution >= 4 is 5.97 Å². The van der Waals surface area contributed by atoms with Gasteiger partial charge in [0.1, 0.15) is 12.4 Å². The smallest absolute Gasteiger partial charge is 0.338 e. The molecule has 0 unspecified atom stereocenters. The predicted molar refractivity (Wildman–Crippen MR) is 57.9 cm³/mol. The second kappa shape index (κ2) is 6.23. The highest BCUT2D eigenvalue weighted by Gasteiger charge is 2.10. The summed E-state index contributed by atoms with van der Waals surface area (Å²) in [4.78, 5) is 11.5. The van der Waals surface area contributed by atoms with Gasteiger partial charge in [0.15, 0.2) is 0 Å². The molecule has 1 aromatic carbocycles. The lowest BCUT2D eigenvalue weighted by molar-refractivity contribution is 0.0334. The summed E-state index contributed by atoms with van der Waals surface area (Å²) in [5, 5.41) is 0. The van der Waals surface area contributed by atoms with Gasteiger partial charge >= 0.3 is 5.97 Å². The summed E-state index contributed by atoms with van der Waals surface area (Å²) in [7, 11) is 0. The third-order valence-corrected chi connectivity index (χ3v) is 2.07. The maximum absolute atomic E-state index is 12.8. The normalized spacial score (nSPS) is 10.2. The molecule has 0 aromatic heterocycles. The molecule has 0 saturated carbocycles. The van der Waals surface area contributed by atoms with Crippen molar-refractivity contribution in [2.75, 3.05) is 19.8 Å². The summed E-state index contributed by atoms with van der Waals surface area (Å²) in [5.41, 5.74) is 0.958. The molecule has 3 nitrogen and oxygen atoms in total. The van der Waals surface area contributed by atoms with E-state index in [2.05, 4.69) is 0 Å².